The third-order valence-corrected chi connectivity index (χ3v) is 2.17. The van der Waals surface area contributed by atoms with E-state index in [1.54, 1.807) is 12.1 Å². The molecule has 3 heteroatoms. The minimum absolute atomic E-state index is 0.213. The van der Waals surface area contributed by atoms with Crippen LogP contribution < -0.4 is 5.32 Å². The van der Waals surface area contributed by atoms with E-state index in [4.69, 9.17) is 0 Å². The molecule has 1 rings (SSSR count). The zero-order chi connectivity index (χ0) is 8.97. The Balaban J connectivity index is 2.69. The second-order valence-electron chi connectivity index (χ2n) is 2.53. The van der Waals surface area contributed by atoms with E-state index in [0.717, 1.165) is 18.7 Å². The first-order valence-corrected chi connectivity index (χ1v) is 4.68. The fourth-order valence-corrected chi connectivity index (χ4v) is 1.35. The molecule has 1 nitrogen and oxygen atoms in total. The van der Waals surface area contributed by atoms with Crippen LogP contribution in [-0.2, 0) is 6.54 Å². The molecule has 1 N–H and O–H groups in total. The normalized spacial score (nSPS) is 10.2. The van der Waals surface area contributed by atoms with E-state index in [1.165, 1.54) is 6.07 Å². The van der Waals surface area contributed by atoms with Gasteiger partial charge in [-0.3, -0.25) is 0 Å². The highest BCUT2D eigenvalue weighted by atomic mass is 79.9. The van der Waals surface area contributed by atoms with Crippen molar-refractivity contribution in [3.05, 3.63) is 34.1 Å². The lowest BCUT2D eigenvalue weighted by atomic mass is 10.2. The average molecular weight is 232 g/mol. The predicted octanol–water partition coefficient (Wildman–Crippen LogP) is 2.70. The van der Waals surface area contributed by atoms with Crippen LogP contribution in [0.3, 0.4) is 0 Å². The molecule has 0 saturated heterocycles. The second-order valence-corrected chi connectivity index (χ2v) is 3.38. The molecule has 0 aliphatic rings. The van der Waals surface area contributed by atoms with E-state index in [0.29, 0.717) is 4.47 Å². The molecule has 0 amide bonds. The minimum atomic E-state index is -0.213. The summed E-state index contributed by atoms with van der Waals surface area (Å²) < 4.78 is 13.3. The summed E-state index contributed by atoms with van der Waals surface area (Å²) in [6, 6.07) is 5.04. The summed E-state index contributed by atoms with van der Waals surface area (Å²) >= 11 is 3.14. The van der Waals surface area contributed by atoms with Gasteiger partial charge in [0, 0.05) is 6.54 Å². The maximum Gasteiger partial charge on any atom is 0.137 e. The van der Waals surface area contributed by atoms with E-state index in [9.17, 15) is 4.39 Å². The molecular weight excluding hydrogens is 221 g/mol. The molecule has 0 spiro atoms. The van der Waals surface area contributed by atoms with Crippen molar-refractivity contribution in [1.29, 1.82) is 0 Å². The first kappa shape index (κ1) is 9.68. The van der Waals surface area contributed by atoms with E-state index in [-0.39, 0.29) is 5.82 Å². The molecule has 1 aromatic rings. The summed E-state index contributed by atoms with van der Waals surface area (Å²) in [5, 5.41) is 3.17. The molecule has 66 valence electrons. The lowest BCUT2D eigenvalue weighted by Gasteiger charge is -2.02. The van der Waals surface area contributed by atoms with Gasteiger partial charge in [0.25, 0.3) is 0 Å². The van der Waals surface area contributed by atoms with Gasteiger partial charge in [-0.25, -0.2) is 4.39 Å². The van der Waals surface area contributed by atoms with Crippen LogP contribution in [-0.4, -0.2) is 6.54 Å². The van der Waals surface area contributed by atoms with Gasteiger partial charge in [-0.2, -0.15) is 0 Å². The third kappa shape index (κ3) is 2.57. The van der Waals surface area contributed by atoms with Crippen LogP contribution >= 0.6 is 15.9 Å². The number of halogens is 2. The molecule has 0 heterocycles. The van der Waals surface area contributed by atoms with Gasteiger partial charge < -0.3 is 5.32 Å². The van der Waals surface area contributed by atoms with Gasteiger partial charge in [0.1, 0.15) is 5.82 Å². The number of hydrogen-bond acceptors (Lipinski definition) is 1. The average Bonchev–Trinajstić information content (AvgIpc) is 2.07. The summed E-state index contributed by atoms with van der Waals surface area (Å²) in [6.45, 7) is 3.75. The van der Waals surface area contributed by atoms with Gasteiger partial charge in [-0.1, -0.05) is 13.0 Å². The van der Waals surface area contributed by atoms with Crippen molar-refractivity contribution in [3.63, 3.8) is 0 Å². The van der Waals surface area contributed by atoms with Crippen LogP contribution in [0.1, 0.15) is 12.5 Å². The van der Waals surface area contributed by atoms with Crippen molar-refractivity contribution in [1.82, 2.24) is 5.32 Å². The number of nitrogens with one attached hydrogen (secondary N) is 1. The Bertz CT molecular complexity index is 263. The van der Waals surface area contributed by atoms with E-state index < -0.39 is 0 Å². The maximum atomic E-state index is 12.8. The summed E-state index contributed by atoms with van der Waals surface area (Å²) in [7, 11) is 0. The van der Waals surface area contributed by atoms with Crippen LogP contribution in [0.25, 0.3) is 0 Å². The smallest absolute Gasteiger partial charge is 0.137 e. The molecule has 0 atom stereocenters. The quantitative estimate of drug-likeness (QED) is 0.844. The van der Waals surface area contributed by atoms with Crippen molar-refractivity contribution >= 4 is 15.9 Å². The van der Waals surface area contributed by atoms with E-state index in [2.05, 4.69) is 21.2 Å². The lowest BCUT2D eigenvalue weighted by Crippen LogP contribution is -2.11. The first-order chi connectivity index (χ1) is 5.74. The van der Waals surface area contributed by atoms with Crippen molar-refractivity contribution in [3.8, 4) is 0 Å². The van der Waals surface area contributed by atoms with Crippen LogP contribution in [0.2, 0.25) is 0 Å². The Morgan fingerprint density at radius 2 is 2.25 bits per heavy atom. The van der Waals surface area contributed by atoms with E-state index >= 15 is 0 Å². The third-order valence-electron chi connectivity index (χ3n) is 1.56. The van der Waals surface area contributed by atoms with Crippen LogP contribution in [0.5, 0.6) is 0 Å². The van der Waals surface area contributed by atoms with Crippen molar-refractivity contribution in [2.24, 2.45) is 0 Å². The zero-order valence-corrected chi connectivity index (χ0v) is 8.49. The number of rotatable bonds is 3. The fourth-order valence-electron chi connectivity index (χ4n) is 0.919. The van der Waals surface area contributed by atoms with Gasteiger partial charge in [0.2, 0.25) is 0 Å². The Morgan fingerprint density at radius 1 is 1.50 bits per heavy atom. The Labute approximate surface area is 80.1 Å². The van der Waals surface area contributed by atoms with Crippen molar-refractivity contribution in [2.75, 3.05) is 6.54 Å². The van der Waals surface area contributed by atoms with Crippen molar-refractivity contribution < 1.29 is 4.39 Å². The van der Waals surface area contributed by atoms with Crippen LogP contribution in [0.15, 0.2) is 22.7 Å². The van der Waals surface area contributed by atoms with Crippen LogP contribution in [0.4, 0.5) is 4.39 Å². The molecule has 0 radical (unpaired) electrons. The van der Waals surface area contributed by atoms with Crippen molar-refractivity contribution in [2.45, 2.75) is 13.5 Å². The molecule has 0 bridgehead atoms. The van der Waals surface area contributed by atoms with Gasteiger partial charge in [0.05, 0.1) is 4.47 Å². The minimum Gasteiger partial charge on any atom is -0.313 e. The van der Waals surface area contributed by atoms with Crippen LogP contribution in [0, 0.1) is 5.82 Å². The van der Waals surface area contributed by atoms with Gasteiger partial charge in [-0.05, 0) is 40.2 Å². The van der Waals surface area contributed by atoms with E-state index in [1.807, 2.05) is 6.92 Å². The largest absolute Gasteiger partial charge is 0.313 e. The highest BCUT2D eigenvalue weighted by molar-refractivity contribution is 9.10. The highest BCUT2D eigenvalue weighted by Crippen LogP contribution is 2.16. The number of hydrogen-bond donors (Lipinski definition) is 1. The van der Waals surface area contributed by atoms with Gasteiger partial charge in [-0.15, -0.1) is 0 Å². The molecule has 0 unspecified atom stereocenters. The molecule has 0 fully saturated rings. The topological polar surface area (TPSA) is 12.0 Å². The highest BCUT2D eigenvalue weighted by Gasteiger charge is 1.98. The maximum absolute atomic E-state index is 12.8. The molecule has 12 heavy (non-hydrogen) atoms. The molecule has 0 aromatic heterocycles. The molecule has 0 aliphatic heterocycles. The summed E-state index contributed by atoms with van der Waals surface area (Å²) in [6.07, 6.45) is 0. The SMILES string of the molecule is CCNCc1ccc(F)c(Br)c1. The Morgan fingerprint density at radius 3 is 2.83 bits per heavy atom. The second kappa shape index (κ2) is 4.58. The molecular formula is C9H11BrFN. The molecule has 0 aliphatic carbocycles. The van der Waals surface area contributed by atoms with Gasteiger partial charge >= 0.3 is 0 Å². The fraction of sp³-hybridized carbons (Fsp3) is 0.333. The summed E-state index contributed by atoms with van der Waals surface area (Å²) in [4.78, 5) is 0. The number of benzene rings is 1. The lowest BCUT2D eigenvalue weighted by molar-refractivity contribution is 0.619. The molecule has 1 aromatic carbocycles. The standard InChI is InChI=1S/C9H11BrFN/c1-2-12-6-7-3-4-9(11)8(10)5-7/h3-5,12H,2,6H2,1H3. The summed E-state index contributed by atoms with van der Waals surface area (Å²) in [5.41, 5.74) is 1.09. The summed E-state index contributed by atoms with van der Waals surface area (Å²) in [5.74, 6) is -0.213. The monoisotopic (exact) mass is 231 g/mol. The van der Waals surface area contributed by atoms with Gasteiger partial charge in [0.15, 0.2) is 0 Å². The first-order valence-electron chi connectivity index (χ1n) is 3.88. The predicted molar refractivity (Wildman–Crippen MR) is 51.5 cm³/mol. The molecule has 0 saturated carbocycles. The Kier molecular flexibility index (Phi) is 3.69. The zero-order valence-electron chi connectivity index (χ0n) is 6.90. The Hall–Kier alpha value is -0.410.